The quantitative estimate of drug-likeness (QED) is 0.887. The molecule has 1 aromatic rings. The lowest BCUT2D eigenvalue weighted by Crippen LogP contribution is -2.55. The number of halogens is 3. The van der Waals surface area contributed by atoms with Gasteiger partial charge in [-0.1, -0.05) is 31.0 Å². The van der Waals surface area contributed by atoms with Gasteiger partial charge >= 0.3 is 6.18 Å². The minimum atomic E-state index is -4.46. The lowest BCUT2D eigenvalue weighted by molar-refractivity contribution is -0.150. The average Bonchev–Trinajstić information content (AvgIpc) is 3.11. The van der Waals surface area contributed by atoms with Crippen LogP contribution in [0.5, 0.6) is 0 Å². The van der Waals surface area contributed by atoms with Crippen molar-refractivity contribution in [1.29, 1.82) is 0 Å². The van der Waals surface area contributed by atoms with Crippen molar-refractivity contribution in [3.63, 3.8) is 0 Å². The maximum absolute atomic E-state index is 13.3. The first kappa shape index (κ1) is 18.7. The maximum Gasteiger partial charge on any atom is 0.416 e. The van der Waals surface area contributed by atoms with Gasteiger partial charge in [-0.15, -0.1) is 0 Å². The molecule has 2 aliphatic rings. The van der Waals surface area contributed by atoms with Gasteiger partial charge in [0.2, 0.25) is 11.8 Å². The Morgan fingerprint density at radius 1 is 1.23 bits per heavy atom. The summed E-state index contributed by atoms with van der Waals surface area (Å²) in [5.74, 6) is -0.897. The number of nitrogens with zero attached hydrogens (tertiary/aromatic N) is 1. The summed E-state index contributed by atoms with van der Waals surface area (Å²) in [6.07, 6.45) is -2.82. The van der Waals surface area contributed by atoms with E-state index >= 15 is 0 Å². The Morgan fingerprint density at radius 2 is 1.92 bits per heavy atom. The molecule has 1 atom stereocenters. The molecule has 1 saturated heterocycles. The highest BCUT2D eigenvalue weighted by atomic mass is 19.4. The lowest BCUT2D eigenvalue weighted by Gasteiger charge is -2.38. The van der Waals surface area contributed by atoms with Gasteiger partial charge in [0.15, 0.2) is 6.10 Å². The second kappa shape index (κ2) is 6.90. The van der Waals surface area contributed by atoms with Gasteiger partial charge in [0.25, 0.3) is 0 Å². The van der Waals surface area contributed by atoms with E-state index in [1.54, 1.807) is 6.07 Å². The largest absolute Gasteiger partial charge is 0.416 e. The van der Waals surface area contributed by atoms with Gasteiger partial charge in [0, 0.05) is 6.54 Å². The summed E-state index contributed by atoms with van der Waals surface area (Å²) >= 11 is 0. The maximum atomic E-state index is 13.3. The van der Waals surface area contributed by atoms with Crippen molar-refractivity contribution in [1.82, 2.24) is 4.90 Å². The van der Waals surface area contributed by atoms with Crippen LogP contribution in [0.3, 0.4) is 0 Å². The number of alkyl halides is 3. The van der Waals surface area contributed by atoms with E-state index in [2.05, 4.69) is 0 Å². The Kier molecular flexibility index (Phi) is 4.96. The van der Waals surface area contributed by atoms with Gasteiger partial charge in [-0.05, 0) is 24.5 Å². The van der Waals surface area contributed by atoms with Crippen LogP contribution >= 0.6 is 0 Å². The minimum absolute atomic E-state index is 0.0366. The predicted molar refractivity (Wildman–Crippen MR) is 87.1 cm³/mol. The minimum Gasteiger partial charge on any atom is -0.367 e. The van der Waals surface area contributed by atoms with Crippen molar-refractivity contribution in [3.8, 4) is 0 Å². The molecule has 1 aliphatic heterocycles. The summed E-state index contributed by atoms with van der Waals surface area (Å²) in [6, 6.07) is 5.02. The molecule has 2 fully saturated rings. The van der Waals surface area contributed by atoms with Crippen LogP contribution in [0.25, 0.3) is 0 Å². The topological polar surface area (TPSA) is 72.6 Å². The highest BCUT2D eigenvalue weighted by molar-refractivity contribution is 5.89. The van der Waals surface area contributed by atoms with Crippen LogP contribution in [0.1, 0.15) is 36.8 Å². The standard InChI is InChI=1S/C18H21F3N2O3/c19-18(20,21)13-5-3-4-12(10-13)17(6-1-2-7-17)16(25)23-8-9-26-14(11-23)15(22)24/h3-5,10,14H,1-2,6-9,11H2,(H2,22,24). The van der Waals surface area contributed by atoms with E-state index in [0.717, 1.165) is 25.0 Å². The first-order valence-electron chi connectivity index (χ1n) is 8.62. The molecule has 26 heavy (non-hydrogen) atoms. The fraction of sp³-hybridized carbons (Fsp3) is 0.556. The molecule has 1 aliphatic carbocycles. The fourth-order valence-electron chi connectivity index (χ4n) is 3.91. The fourth-order valence-corrected chi connectivity index (χ4v) is 3.91. The van der Waals surface area contributed by atoms with Crippen LogP contribution in [0, 0.1) is 0 Å². The summed E-state index contributed by atoms with van der Waals surface area (Å²) in [4.78, 5) is 26.2. The molecule has 0 spiro atoms. The Labute approximate surface area is 149 Å². The molecule has 1 saturated carbocycles. The highest BCUT2D eigenvalue weighted by Crippen LogP contribution is 2.44. The molecule has 0 bridgehead atoms. The Hall–Kier alpha value is -2.09. The summed E-state index contributed by atoms with van der Waals surface area (Å²) in [5, 5.41) is 0. The van der Waals surface area contributed by atoms with E-state index in [0.29, 0.717) is 24.9 Å². The van der Waals surface area contributed by atoms with Crippen LogP contribution in [-0.4, -0.2) is 42.5 Å². The molecule has 0 aromatic heterocycles. The number of hydrogen-bond donors (Lipinski definition) is 1. The Balaban J connectivity index is 1.93. The molecule has 2 amide bonds. The molecule has 5 nitrogen and oxygen atoms in total. The molecule has 2 N–H and O–H groups in total. The number of carbonyl (C=O) groups is 2. The molecular weight excluding hydrogens is 349 g/mol. The first-order chi connectivity index (χ1) is 12.2. The third-order valence-electron chi connectivity index (χ3n) is 5.28. The number of ether oxygens (including phenoxy) is 1. The number of amides is 2. The predicted octanol–water partition coefficient (Wildman–Crippen LogP) is 2.23. The number of morpholine rings is 1. The molecule has 0 radical (unpaired) electrons. The van der Waals surface area contributed by atoms with E-state index in [1.807, 2.05) is 0 Å². The second-order valence-corrected chi connectivity index (χ2v) is 6.88. The Bertz CT molecular complexity index is 699. The zero-order valence-electron chi connectivity index (χ0n) is 14.2. The van der Waals surface area contributed by atoms with Crippen molar-refractivity contribution in [2.45, 2.75) is 43.4 Å². The zero-order valence-corrected chi connectivity index (χ0v) is 14.2. The molecular formula is C18H21F3N2O3. The van der Waals surface area contributed by atoms with E-state index < -0.39 is 29.2 Å². The van der Waals surface area contributed by atoms with Gasteiger partial charge < -0.3 is 15.4 Å². The Morgan fingerprint density at radius 3 is 2.54 bits per heavy atom. The molecule has 142 valence electrons. The van der Waals surface area contributed by atoms with Crippen molar-refractivity contribution < 1.29 is 27.5 Å². The van der Waals surface area contributed by atoms with Crippen molar-refractivity contribution >= 4 is 11.8 Å². The molecule has 8 heteroatoms. The van der Waals surface area contributed by atoms with Crippen molar-refractivity contribution in [2.75, 3.05) is 19.7 Å². The SMILES string of the molecule is NC(=O)C1CN(C(=O)C2(c3cccc(C(F)(F)F)c3)CCCC2)CCO1. The van der Waals surface area contributed by atoms with Gasteiger partial charge in [-0.25, -0.2) is 0 Å². The average molecular weight is 370 g/mol. The van der Waals surface area contributed by atoms with Gasteiger partial charge in [0.1, 0.15) is 0 Å². The summed E-state index contributed by atoms with van der Waals surface area (Å²) in [5.41, 5.74) is 3.91. The monoisotopic (exact) mass is 370 g/mol. The smallest absolute Gasteiger partial charge is 0.367 e. The van der Waals surface area contributed by atoms with Crippen LogP contribution in [0.2, 0.25) is 0 Å². The van der Waals surface area contributed by atoms with Crippen LogP contribution < -0.4 is 5.73 Å². The molecule has 1 aromatic carbocycles. The molecule has 3 rings (SSSR count). The van der Waals surface area contributed by atoms with E-state index in [-0.39, 0.29) is 19.1 Å². The first-order valence-corrected chi connectivity index (χ1v) is 8.62. The summed E-state index contributed by atoms with van der Waals surface area (Å²) in [6.45, 7) is 0.510. The number of primary amides is 1. The van der Waals surface area contributed by atoms with Crippen LogP contribution in [0.15, 0.2) is 24.3 Å². The van der Waals surface area contributed by atoms with Crippen molar-refractivity contribution in [3.05, 3.63) is 35.4 Å². The zero-order chi connectivity index (χ0) is 18.9. The summed E-state index contributed by atoms with van der Waals surface area (Å²) < 4.78 is 44.6. The van der Waals surface area contributed by atoms with E-state index in [4.69, 9.17) is 10.5 Å². The number of hydrogen-bond acceptors (Lipinski definition) is 3. The van der Waals surface area contributed by atoms with E-state index in [9.17, 15) is 22.8 Å². The molecule has 1 unspecified atom stereocenters. The lowest BCUT2D eigenvalue weighted by atomic mass is 9.76. The van der Waals surface area contributed by atoms with Crippen LogP contribution in [-0.2, 0) is 25.9 Å². The number of rotatable bonds is 3. The number of nitrogens with two attached hydrogens (primary N) is 1. The van der Waals surface area contributed by atoms with Gasteiger partial charge in [-0.2, -0.15) is 13.2 Å². The van der Waals surface area contributed by atoms with Crippen molar-refractivity contribution in [2.24, 2.45) is 5.73 Å². The second-order valence-electron chi connectivity index (χ2n) is 6.88. The van der Waals surface area contributed by atoms with Gasteiger partial charge in [-0.3, -0.25) is 9.59 Å². The third-order valence-corrected chi connectivity index (χ3v) is 5.28. The van der Waals surface area contributed by atoms with Crippen LogP contribution in [0.4, 0.5) is 13.2 Å². The normalized spacial score (nSPS) is 23.0. The number of benzene rings is 1. The molecule has 1 heterocycles. The third kappa shape index (κ3) is 3.42. The summed E-state index contributed by atoms with van der Waals surface area (Å²) in [7, 11) is 0. The number of carbonyl (C=O) groups excluding carboxylic acids is 2. The van der Waals surface area contributed by atoms with Gasteiger partial charge in [0.05, 0.1) is 24.1 Å². The van der Waals surface area contributed by atoms with E-state index in [1.165, 1.54) is 11.0 Å². The highest BCUT2D eigenvalue weighted by Gasteiger charge is 2.47.